The summed E-state index contributed by atoms with van der Waals surface area (Å²) in [4.78, 5) is 48.4. The third-order valence-corrected chi connectivity index (χ3v) is 15.1. The zero-order valence-electron chi connectivity index (χ0n) is 41.4. The Bertz CT molecular complexity index is 1750. The molecule has 0 unspecified atom stereocenters. The molecule has 17 heteroatoms. The number of nitrogens with zero attached hydrogens (tertiary/aromatic N) is 3. The molecule has 5 N–H and O–H groups in total. The van der Waals surface area contributed by atoms with E-state index in [1.54, 1.807) is 53.5 Å². The number of piperazine rings is 1. The molecule has 1 aromatic rings. The van der Waals surface area contributed by atoms with Crippen LogP contribution in [0.5, 0.6) is 0 Å². The number of ketones is 1. The first-order valence-corrected chi connectivity index (χ1v) is 24.0. The van der Waals surface area contributed by atoms with Crippen LogP contribution >= 0.6 is 0 Å². The van der Waals surface area contributed by atoms with E-state index in [-0.39, 0.29) is 31.7 Å². The molecule has 1 amide bonds. The van der Waals surface area contributed by atoms with Crippen LogP contribution in [0.2, 0.25) is 0 Å². The maximum absolute atomic E-state index is 14.3. The Morgan fingerprint density at radius 1 is 0.864 bits per heavy atom. The highest BCUT2D eigenvalue weighted by Gasteiger charge is 2.54. The van der Waals surface area contributed by atoms with Crippen LogP contribution < -0.4 is 0 Å². The number of likely N-dealkylation sites (N-methyl/N-ethyl adjacent to an activating group) is 1. The molecule has 18 atom stereocenters. The SMILES string of the molecule is CC[C@H]1OC(=O)[C@H](C)[C@@H](O[C@H]2C[C@@](C)(OC)[C@@H](O)[C@H](C)O2)[C@H](C)[C@@H](O[C@@H]2O[C@H](C)C[C@H](N(C)C(=O)CN3CCN(Cc4ccccc4)CC3)[C@H]2O)[C@@](C)(O)C[C@@H](C)C(=O)[C@H](C)[C@@H](O)[C@]1(C)O. The molecule has 66 heavy (non-hydrogen) atoms. The van der Waals surface area contributed by atoms with Gasteiger partial charge in [-0.1, -0.05) is 58.0 Å². The van der Waals surface area contributed by atoms with Crippen molar-refractivity contribution in [3.8, 4) is 0 Å². The lowest BCUT2D eigenvalue weighted by molar-refractivity contribution is -0.317. The monoisotopic (exact) mass is 936 g/mol. The molecule has 0 saturated carbocycles. The summed E-state index contributed by atoms with van der Waals surface area (Å²) in [7, 11) is 3.13. The highest BCUT2D eigenvalue weighted by Crippen LogP contribution is 2.41. The van der Waals surface area contributed by atoms with Crippen molar-refractivity contribution in [2.45, 2.75) is 186 Å². The molecule has 17 nitrogen and oxygen atoms in total. The number of hydrogen-bond donors (Lipinski definition) is 5. The maximum Gasteiger partial charge on any atom is 0.311 e. The Balaban J connectivity index is 1.44. The van der Waals surface area contributed by atoms with Crippen LogP contribution in [0.4, 0.5) is 0 Å². The van der Waals surface area contributed by atoms with Crippen molar-refractivity contribution >= 4 is 17.7 Å². The lowest BCUT2D eigenvalue weighted by atomic mass is 9.74. The number of ether oxygens (including phenoxy) is 6. The van der Waals surface area contributed by atoms with Crippen LogP contribution in [-0.2, 0) is 49.3 Å². The Hall–Kier alpha value is -2.65. The van der Waals surface area contributed by atoms with Crippen LogP contribution in [0.25, 0.3) is 0 Å². The predicted molar refractivity (Wildman–Crippen MR) is 243 cm³/mol. The molecule has 0 aromatic heterocycles. The summed E-state index contributed by atoms with van der Waals surface area (Å²) in [6.07, 6.45) is -11.2. The third kappa shape index (κ3) is 12.4. The average Bonchev–Trinajstić information content (AvgIpc) is 3.27. The van der Waals surface area contributed by atoms with Crippen molar-refractivity contribution in [2.75, 3.05) is 46.9 Å². The third-order valence-electron chi connectivity index (χ3n) is 15.1. The number of rotatable bonds is 11. The standard InChI is InChI=1S/C49H81N3O14/c1-13-36-49(10,60)42(56)30(4)39(54)28(2)24-47(8,59)44(31(5)41(32(6)45(58)64-36)65-38-25-48(9,61-12)43(57)33(7)63-38)66-46-40(55)35(23-29(3)62-46)50(11)37(53)27-52-21-19-51(20-22-52)26-34-17-15-14-16-18-34/h14-18,28-33,35-36,38,40-44,46,55-57,59-60H,13,19-27H2,1-12H3/t28-,29-,30+,31+,32-,33+,35+,36-,38+,40-,41+,42-,43+,44-,46+,47+,48-,49-/m1/s1. The number of Topliss-reactive ketones (excluding diaryl/α,β-unsaturated/α-hetero) is 1. The van der Waals surface area contributed by atoms with Crippen molar-refractivity contribution in [3.05, 3.63) is 35.9 Å². The summed E-state index contributed by atoms with van der Waals surface area (Å²) in [5, 5.41) is 59.0. The summed E-state index contributed by atoms with van der Waals surface area (Å²) < 4.78 is 37.7. The first-order chi connectivity index (χ1) is 30.8. The van der Waals surface area contributed by atoms with E-state index in [1.165, 1.54) is 33.4 Å². The zero-order valence-corrected chi connectivity index (χ0v) is 41.4. The molecule has 0 spiro atoms. The van der Waals surface area contributed by atoms with Gasteiger partial charge in [-0.15, -0.1) is 0 Å². The molecular formula is C49H81N3O14. The van der Waals surface area contributed by atoms with Gasteiger partial charge in [0, 0.05) is 71.1 Å². The molecule has 4 aliphatic heterocycles. The zero-order chi connectivity index (χ0) is 49.1. The molecule has 0 radical (unpaired) electrons. The minimum atomic E-state index is -2.04. The number of benzene rings is 1. The van der Waals surface area contributed by atoms with E-state index >= 15 is 0 Å². The van der Waals surface area contributed by atoms with E-state index in [4.69, 9.17) is 28.4 Å². The quantitative estimate of drug-likeness (QED) is 0.202. The summed E-state index contributed by atoms with van der Waals surface area (Å²) in [6.45, 7) is 20.2. The number of aliphatic hydroxyl groups excluding tert-OH is 3. The van der Waals surface area contributed by atoms with Crippen LogP contribution in [-0.4, -0.2) is 189 Å². The van der Waals surface area contributed by atoms with Gasteiger partial charge in [-0.3, -0.25) is 24.2 Å². The average molecular weight is 936 g/mol. The van der Waals surface area contributed by atoms with Gasteiger partial charge in [0.1, 0.15) is 29.7 Å². The van der Waals surface area contributed by atoms with E-state index < -0.39 is 120 Å². The second kappa shape index (κ2) is 22.4. The lowest BCUT2D eigenvalue weighted by Gasteiger charge is -2.49. The number of hydrogen-bond acceptors (Lipinski definition) is 16. The fourth-order valence-corrected chi connectivity index (χ4v) is 10.7. The van der Waals surface area contributed by atoms with Crippen LogP contribution in [0.15, 0.2) is 30.3 Å². The van der Waals surface area contributed by atoms with Crippen molar-refractivity contribution in [2.24, 2.45) is 23.7 Å². The van der Waals surface area contributed by atoms with Gasteiger partial charge in [0.2, 0.25) is 5.91 Å². The maximum atomic E-state index is 14.3. The van der Waals surface area contributed by atoms with Gasteiger partial charge in [-0.2, -0.15) is 0 Å². The number of methoxy groups -OCH3 is 1. The van der Waals surface area contributed by atoms with Crippen molar-refractivity contribution in [1.29, 1.82) is 0 Å². The molecule has 376 valence electrons. The Morgan fingerprint density at radius 2 is 1.48 bits per heavy atom. The second-order valence-electron chi connectivity index (χ2n) is 20.6. The van der Waals surface area contributed by atoms with Gasteiger partial charge >= 0.3 is 5.97 Å². The lowest BCUT2D eigenvalue weighted by Crippen LogP contribution is -2.62. The largest absolute Gasteiger partial charge is 0.459 e. The molecule has 0 aliphatic carbocycles. The minimum Gasteiger partial charge on any atom is -0.459 e. The first-order valence-electron chi connectivity index (χ1n) is 24.0. The first kappa shape index (κ1) is 54.3. The van der Waals surface area contributed by atoms with Crippen molar-refractivity contribution in [3.63, 3.8) is 0 Å². The van der Waals surface area contributed by atoms with E-state index in [9.17, 15) is 39.9 Å². The normalized spacial score (nSPS) is 42.9. The molecule has 1 aromatic carbocycles. The molecule has 4 fully saturated rings. The van der Waals surface area contributed by atoms with Crippen molar-refractivity contribution in [1.82, 2.24) is 14.7 Å². The molecule has 4 aliphatic rings. The molecule has 4 saturated heterocycles. The predicted octanol–water partition coefficient (Wildman–Crippen LogP) is 2.50. The number of carbonyl (C=O) groups excluding carboxylic acids is 3. The second-order valence-corrected chi connectivity index (χ2v) is 20.6. The summed E-state index contributed by atoms with van der Waals surface area (Å²) in [5.74, 6) is -5.51. The van der Waals surface area contributed by atoms with Crippen LogP contribution in [0, 0.1) is 23.7 Å². The van der Waals surface area contributed by atoms with E-state index in [0.717, 1.165) is 19.6 Å². The topological polar surface area (TPSA) is 217 Å². The molecular weight excluding hydrogens is 855 g/mol. The Kier molecular flexibility index (Phi) is 18.4. The van der Waals surface area contributed by atoms with Gasteiger partial charge < -0.3 is 58.9 Å². The van der Waals surface area contributed by atoms with Gasteiger partial charge in [-0.25, -0.2) is 0 Å². The fourth-order valence-electron chi connectivity index (χ4n) is 10.7. The molecule has 0 bridgehead atoms. The number of esters is 1. The Morgan fingerprint density at radius 3 is 2.09 bits per heavy atom. The molecule has 4 heterocycles. The fraction of sp³-hybridized carbons (Fsp3) is 0.816. The van der Waals surface area contributed by atoms with E-state index in [2.05, 4.69) is 21.9 Å². The highest BCUT2D eigenvalue weighted by molar-refractivity contribution is 5.83. The van der Waals surface area contributed by atoms with E-state index in [1.807, 2.05) is 25.1 Å². The van der Waals surface area contributed by atoms with Gasteiger partial charge in [0.25, 0.3) is 0 Å². The number of cyclic esters (lactones) is 1. The number of amides is 1. The molecule has 5 rings (SSSR count). The number of carbonyl (C=O) groups is 3. The summed E-state index contributed by atoms with van der Waals surface area (Å²) >= 11 is 0. The summed E-state index contributed by atoms with van der Waals surface area (Å²) in [6, 6.07) is 9.54. The highest BCUT2D eigenvalue weighted by atomic mass is 16.7. The summed E-state index contributed by atoms with van der Waals surface area (Å²) in [5.41, 5.74) is -3.80. The van der Waals surface area contributed by atoms with E-state index in [0.29, 0.717) is 19.5 Å². The smallest absolute Gasteiger partial charge is 0.311 e. The van der Waals surface area contributed by atoms with Crippen LogP contribution in [0.1, 0.15) is 100 Å². The number of aliphatic hydroxyl groups is 5. The minimum absolute atomic E-state index is 0.0528. The van der Waals surface area contributed by atoms with Gasteiger partial charge in [-0.05, 0) is 66.4 Å². The Labute approximate surface area is 392 Å². The van der Waals surface area contributed by atoms with Gasteiger partial charge in [0.15, 0.2) is 12.6 Å². The van der Waals surface area contributed by atoms with Crippen molar-refractivity contribution < 1.29 is 68.3 Å². The van der Waals surface area contributed by atoms with Gasteiger partial charge in [0.05, 0.1) is 60.2 Å². The van der Waals surface area contributed by atoms with Crippen LogP contribution in [0.3, 0.4) is 0 Å².